The van der Waals surface area contributed by atoms with Crippen molar-refractivity contribution in [2.24, 2.45) is 5.10 Å². The number of H-pyrrole nitrogens is 1. The summed E-state index contributed by atoms with van der Waals surface area (Å²) in [6.45, 7) is 2.58. The maximum absolute atomic E-state index is 13.5. The van der Waals surface area contributed by atoms with Crippen LogP contribution in [0.2, 0.25) is 0 Å². The number of benzene rings is 1. The van der Waals surface area contributed by atoms with Gasteiger partial charge < -0.3 is 15.2 Å². The summed E-state index contributed by atoms with van der Waals surface area (Å²) < 4.78 is 13.5. The molecule has 1 amide bonds. The van der Waals surface area contributed by atoms with Crippen LogP contribution in [0.4, 0.5) is 10.1 Å². The zero-order valence-corrected chi connectivity index (χ0v) is 19.8. The van der Waals surface area contributed by atoms with Crippen molar-refractivity contribution in [1.82, 2.24) is 30.3 Å². The number of carbonyl (C=O) groups is 1. The number of hydrazone groups is 1. The van der Waals surface area contributed by atoms with Crippen molar-refractivity contribution in [3.8, 4) is 11.1 Å². The van der Waals surface area contributed by atoms with Crippen molar-refractivity contribution in [3.63, 3.8) is 0 Å². The van der Waals surface area contributed by atoms with E-state index in [1.807, 2.05) is 19.1 Å². The summed E-state index contributed by atoms with van der Waals surface area (Å²) in [7, 11) is 0. The largest absolute Gasteiger partial charge is 0.343 e. The summed E-state index contributed by atoms with van der Waals surface area (Å²) in [4.78, 5) is 30.9. The molecule has 7 rings (SSSR count). The Bertz CT molecular complexity index is 1690. The van der Waals surface area contributed by atoms with E-state index in [9.17, 15) is 9.18 Å². The van der Waals surface area contributed by atoms with E-state index in [1.54, 1.807) is 30.7 Å². The first-order valence-electron chi connectivity index (χ1n) is 12.0. The van der Waals surface area contributed by atoms with Crippen molar-refractivity contribution in [2.45, 2.75) is 19.0 Å². The molecular formula is C27H21FN8O. The highest BCUT2D eigenvalue weighted by molar-refractivity contribution is 6.16. The fraction of sp³-hybridized carbons (Fsp3) is 0.148. The minimum Gasteiger partial charge on any atom is -0.343 e. The van der Waals surface area contributed by atoms with E-state index in [0.29, 0.717) is 29.3 Å². The Morgan fingerprint density at radius 3 is 2.89 bits per heavy atom. The Balaban J connectivity index is 1.26. The van der Waals surface area contributed by atoms with E-state index in [0.717, 1.165) is 39.9 Å². The van der Waals surface area contributed by atoms with Crippen molar-refractivity contribution in [3.05, 3.63) is 90.0 Å². The number of aromatic amines is 1. The highest BCUT2D eigenvalue weighted by Gasteiger charge is 2.60. The lowest BCUT2D eigenvalue weighted by Gasteiger charge is -2.19. The summed E-state index contributed by atoms with van der Waals surface area (Å²) in [5.41, 5.74) is 10.2. The van der Waals surface area contributed by atoms with Gasteiger partial charge in [0.15, 0.2) is 17.1 Å². The molecule has 4 aromatic rings. The molecule has 1 spiro atoms. The van der Waals surface area contributed by atoms with E-state index in [-0.39, 0.29) is 17.4 Å². The number of aromatic nitrogens is 4. The number of nitrogens with one attached hydrogen (secondary N) is 3. The molecule has 3 N–H and O–H groups in total. The molecule has 1 unspecified atom stereocenters. The molecule has 0 aliphatic carbocycles. The van der Waals surface area contributed by atoms with Crippen LogP contribution in [0.5, 0.6) is 0 Å². The van der Waals surface area contributed by atoms with Crippen molar-refractivity contribution in [1.29, 1.82) is 0 Å². The average Bonchev–Trinajstić information content (AvgIpc) is 3.27. The van der Waals surface area contributed by atoms with E-state index < -0.39 is 0 Å². The number of allylic oxidation sites excluding steroid dienone is 2. The number of pyridine rings is 2. The Hall–Kier alpha value is -4.86. The van der Waals surface area contributed by atoms with Crippen LogP contribution in [-0.2, 0) is 4.79 Å². The standard InChI is InChI=1S/C27H21FN8O/c1-2-22(37)31-19-9-16(11-29-12-19)17-10-21-24(34-35-27(21)14-36(27)13-17)26-32-23-20(7-8-30-25(23)33-26)15-3-5-18(28)6-4-15/h3-13,35H,2,14H2,1H3,(H,31,37)(H,30,32,33). The summed E-state index contributed by atoms with van der Waals surface area (Å²) in [6, 6.07) is 10.2. The molecule has 0 saturated carbocycles. The van der Waals surface area contributed by atoms with Crippen molar-refractivity contribution in [2.75, 3.05) is 11.9 Å². The highest BCUT2D eigenvalue weighted by Crippen LogP contribution is 2.47. The number of rotatable bonds is 5. The normalized spacial score (nSPS) is 19.4. The van der Waals surface area contributed by atoms with Gasteiger partial charge in [-0.2, -0.15) is 5.10 Å². The van der Waals surface area contributed by atoms with Crippen LogP contribution < -0.4 is 10.7 Å². The Morgan fingerprint density at radius 2 is 2.05 bits per heavy atom. The summed E-state index contributed by atoms with van der Waals surface area (Å²) in [5, 5.41) is 7.52. The zero-order chi connectivity index (χ0) is 25.1. The fourth-order valence-corrected chi connectivity index (χ4v) is 4.87. The molecule has 1 aromatic carbocycles. The number of carbonyl (C=O) groups excluding carboxylic acids is 1. The van der Waals surface area contributed by atoms with Crippen LogP contribution in [0.25, 0.3) is 27.9 Å². The van der Waals surface area contributed by atoms with Crippen LogP contribution >= 0.6 is 0 Å². The van der Waals surface area contributed by atoms with Crippen LogP contribution in [0.3, 0.4) is 0 Å². The second kappa shape index (κ2) is 7.82. The number of imidazole rings is 1. The predicted molar refractivity (Wildman–Crippen MR) is 138 cm³/mol. The van der Waals surface area contributed by atoms with Crippen LogP contribution in [0, 0.1) is 5.82 Å². The third-order valence-electron chi connectivity index (χ3n) is 6.88. The van der Waals surface area contributed by atoms with E-state index in [4.69, 9.17) is 4.98 Å². The molecule has 0 radical (unpaired) electrons. The molecule has 37 heavy (non-hydrogen) atoms. The number of halogens is 1. The number of fused-ring (bicyclic) bond motifs is 1. The van der Waals surface area contributed by atoms with Gasteiger partial charge in [-0.15, -0.1) is 0 Å². The molecule has 1 fully saturated rings. The van der Waals surface area contributed by atoms with Gasteiger partial charge in [-0.05, 0) is 41.5 Å². The first kappa shape index (κ1) is 21.4. The van der Waals surface area contributed by atoms with Crippen LogP contribution in [0.15, 0.2) is 77.9 Å². The van der Waals surface area contributed by atoms with Gasteiger partial charge in [-0.25, -0.2) is 14.4 Å². The molecule has 3 aliphatic heterocycles. The molecule has 0 bridgehead atoms. The van der Waals surface area contributed by atoms with Gasteiger partial charge in [0.25, 0.3) is 0 Å². The van der Waals surface area contributed by atoms with Gasteiger partial charge in [0.05, 0.1) is 23.9 Å². The van der Waals surface area contributed by atoms with Gasteiger partial charge in [-0.1, -0.05) is 19.1 Å². The lowest BCUT2D eigenvalue weighted by molar-refractivity contribution is -0.115. The average molecular weight is 493 g/mol. The minimum atomic E-state index is -0.382. The molecule has 9 nitrogen and oxygen atoms in total. The molecule has 3 aliphatic rings. The molecule has 1 saturated heterocycles. The SMILES string of the molecule is CCC(=O)Nc1cncc(C2=CN3CC34NN=C(c3nc5nccc(-c6ccc(F)cc6)c5[nH]3)C4=C2)c1. The monoisotopic (exact) mass is 492 g/mol. The number of amides is 1. The number of anilines is 1. The topological polar surface area (TPSA) is 111 Å². The lowest BCUT2D eigenvalue weighted by Crippen LogP contribution is -2.32. The maximum Gasteiger partial charge on any atom is 0.224 e. The van der Waals surface area contributed by atoms with Crippen LogP contribution in [-0.4, -0.2) is 48.7 Å². The molecule has 3 aromatic heterocycles. The van der Waals surface area contributed by atoms with E-state index >= 15 is 0 Å². The maximum atomic E-state index is 13.5. The van der Waals surface area contributed by atoms with Crippen LogP contribution in [0.1, 0.15) is 24.7 Å². The smallest absolute Gasteiger partial charge is 0.224 e. The molecule has 6 heterocycles. The minimum absolute atomic E-state index is 0.0622. The van der Waals surface area contributed by atoms with Gasteiger partial charge >= 0.3 is 0 Å². The van der Waals surface area contributed by atoms with Gasteiger partial charge in [0, 0.05) is 41.7 Å². The molecule has 1 atom stereocenters. The summed E-state index contributed by atoms with van der Waals surface area (Å²) >= 11 is 0. The first-order chi connectivity index (χ1) is 18.0. The van der Waals surface area contributed by atoms with E-state index in [1.165, 1.54) is 12.1 Å². The predicted octanol–water partition coefficient (Wildman–Crippen LogP) is 3.81. The third kappa shape index (κ3) is 3.40. The Morgan fingerprint density at radius 1 is 1.19 bits per heavy atom. The van der Waals surface area contributed by atoms with Crippen molar-refractivity contribution < 1.29 is 9.18 Å². The number of hydrogen-bond donors (Lipinski definition) is 3. The second-order valence-electron chi connectivity index (χ2n) is 9.22. The molecular weight excluding hydrogens is 471 g/mol. The number of hydrogen-bond acceptors (Lipinski definition) is 7. The Labute approximate surface area is 210 Å². The van der Waals surface area contributed by atoms with Gasteiger partial charge in [0.1, 0.15) is 11.5 Å². The quantitative estimate of drug-likeness (QED) is 0.366. The summed E-state index contributed by atoms with van der Waals surface area (Å²) in [6.07, 6.45) is 9.67. The summed E-state index contributed by atoms with van der Waals surface area (Å²) in [5.74, 6) is 0.252. The first-order valence-corrected chi connectivity index (χ1v) is 12.0. The van der Waals surface area contributed by atoms with E-state index in [2.05, 4.69) is 48.0 Å². The van der Waals surface area contributed by atoms with Crippen molar-refractivity contribution >= 4 is 34.0 Å². The second-order valence-corrected chi connectivity index (χ2v) is 9.22. The van der Waals surface area contributed by atoms with Gasteiger partial charge in [-0.3, -0.25) is 15.2 Å². The lowest BCUT2D eigenvalue weighted by atomic mass is 9.95. The fourth-order valence-electron chi connectivity index (χ4n) is 4.87. The molecule has 10 heteroatoms. The zero-order valence-electron chi connectivity index (χ0n) is 19.8. The number of nitrogens with zero attached hydrogens (tertiary/aromatic N) is 5. The van der Waals surface area contributed by atoms with Gasteiger partial charge in [0.2, 0.25) is 5.91 Å². The highest BCUT2D eigenvalue weighted by atomic mass is 19.1. The Kier molecular flexibility index (Phi) is 4.53. The third-order valence-corrected chi connectivity index (χ3v) is 6.88. The molecule has 182 valence electrons.